The molecule has 0 saturated heterocycles. The lowest BCUT2D eigenvalue weighted by Gasteiger charge is -2.07. The molecule has 0 spiro atoms. The molecule has 2 N–H and O–H groups in total. The standard InChI is InChI=1S/C12H11FN2/c1-8-7-15-5-4-10(8)11-6-9(14)2-3-12(11)13/h2-7H,14H2,1H3. The molecule has 1 aromatic carbocycles. The summed E-state index contributed by atoms with van der Waals surface area (Å²) in [6.07, 6.45) is 3.35. The third-order valence-corrected chi connectivity index (χ3v) is 2.30. The molecule has 0 aliphatic rings. The zero-order valence-corrected chi connectivity index (χ0v) is 8.37. The van der Waals surface area contributed by atoms with Crippen LogP contribution in [0, 0.1) is 12.7 Å². The van der Waals surface area contributed by atoms with Crippen molar-refractivity contribution in [3.8, 4) is 11.1 Å². The van der Waals surface area contributed by atoms with Crippen LogP contribution >= 0.6 is 0 Å². The molecule has 1 heterocycles. The summed E-state index contributed by atoms with van der Waals surface area (Å²) >= 11 is 0. The molecule has 76 valence electrons. The molecule has 0 unspecified atom stereocenters. The number of rotatable bonds is 1. The molecule has 0 amide bonds. The average molecular weight is 202 g/mol. The molecular formula is C12H11FN2. The second kappa shape index (κ2) is 3.69. The maximum absolute atomic E-state index is 13.6. The van der Waals surface area contributed by atoms with Gasteiger partial charge in [0.05, 0.1) is 0 Å². The monoisotopic (exact) mass is 202 g/mol. The number of nitrogens with zero attached hydrogens (tertiary/aromatic N) is 1. The van der Waals surface area contributed by atoms with Crippen molar-refractivity contribution in [2.24, 2.45) is 0 Å². The lowest BCUT2D eigenvalue weighted by Crippen LogP contribution is -1.91. The van der Waals surface area contributed by atoms with Crippen LogP contribution in [-0.2, 0) is 0 Å². The smallest absolute Gasteiger partial charge is 0.131 e. The van der Waals surface area contributed by atoms with Gasteiger partial charge in [-0.2, -0.15) is 0 Å². The summed E-state index contributed by atoms with van der Waals surface area (Å²) in [6, 6.07) is 6.35. The van der Waals surface area contributed by atoms with Crippen LogP contribution in [0.1, 0.15) is 5.56 Å². The first-order chi connectivity index (χ1) is 7.18. The van der Waals surface area contributed by atoms with Gasteiger partial charge in [0.25, 0.3) is 0 Å². The highest BCUT2D eigenvalue weighted by Gasteiger charge is 2.07. The van der Waals surface area contributed by atoms with Gasteiger partial charge in [-0.05, 0) is 42.3 Å². The van der Waals surface area contributed by atoms with Gasteiger partial charge >= 0.3 is 0 Å². The van der Waals surface area contributed by atoms with E-state index in [-0.39, 0.29) is 5.82 Å². The summed E-state index contributed by atoms with van der Waals surface area (Å²) in [5, 5.41) is 0. The first-order valence-corrected chi connectivity index (χ1v) is 4.64. The molecule has 0 saturated carbocycles. The van der Waals surface area contributed by atoms with E-state index < -0.39 is 0 Å². The molecule has 0 aliphatic carbocycles. The molecule has 0 bridgehead atoms. The van der Waals surface area contributed by atoms with Crippen LogP contribution in [-0.4, -0.2) is 4.98 Å². The first kappa shape index (κ1) is 9.65. The molecule has 2 aromatic rings. The van der Waals surface area contributed by atoms with E-state index >= 15 is 0 Å². The third-order valence-electron chi connectivity index (χ3n) is 2.30. The van der Waals surface area contributed by atoms with Crippen molar-refractivity contribution in [1.82, 2.24) is 4.98 Å². The van der Waals surface area contributed by atoms with Crippen molar-refractivity contribution in [2.75, 3.05) is 5.73 Å². The number of nitrogens with two attached hydrogens (primary N) is 1. The van der Waals surface area contributed by atoms with Crippen molar-refractivity contribution in [2.45, 2.75) is 6.92 Å². The predicted molar refractivity (Wildman–Crippen MR) is 58.8 cm³/mol. The fourth-order valence-electron chi connectivity index (χ4n) is 1.52. The van der Waals surface area contributed by atoms with Gasteiger partial charge in [0.2, 0.25) is 0 Å². The van der Waals surface area contributed by atoms with Crippen molar-refractivity contribution >= 4 is 5.69 Å². The predicted octanol–water partition coefficient (Wildman–Crippen LogP) is 2.78. The van der Waals surface area contributed by atoms with Crippen molar-refractivity contribution in [1.29, 1.82) is 0 Å². The van der Waals surface area contributed by atoms with Gasteiger partial charge in [0.15, 0.2) is 0 Å². The van der Waals surface area contributed by atoms with E-state index in [1.54, 1.807) is 30.6 Å². The Hall–Kier alpha value is -1.90. The Balaban J connectivity index is 2.64. The number of hydrogen-bond donors (Lipinski definition) is 1. The van der Waals surface area contributed by atoms with Gasteiger partial charge in [-0.3, -0.25) is 4.98 Å². The highest BCUT2D eigenvalue weighted by Crippen LogP contribution is 2.26. The molecule has 2 rings (SSSR count). The van der Waals surface area contributed by atoms with Crippen LogP contribution in [0.3, 0.4) is 0 Å². The van der Waals surface area contributed by atoms with Gasteiger partial charge in [-0.1, -0.05) is 0 Å². The number of anilines is 1. The molecule has 2 nitrogen and oxygen atoms in total. The van der Waals surface area contributed by atoms with Crippen LogP contribution in [0.15, 0.2) is 36.7 Å². The van der Waals surface area contributed by atoms with Crippen LogP contribution in [0.2, 0.25) is 0 Å². The van der Waals surface area contributed by atoms with E-state index in [0.29, 0.717) is 11.3 Å². The summed E-state index contributed by atoms with van der Waals surface area (Å²) in [4.78, 5) is 3.97. The van der Waals surface area contributed by atoms with Crippen molar-refractivity contribution < 1.29 is 4.39 Å². The lowest BCUT2D eigenvalue weighted by atomic mass is 10.0. The topological polar surface area (TPSA) is 38.9 Å². The quantitative estimate of drug-likeness (QED) is 0.722. The summed E-state index contributed by atoms with van der Waals surface area (Å²) in [6.45, 7) is 1.89. The van der Waals surface area contributed by atoms with Crippen molar-refractivity contribution in [3.05, 3.63) is 48.0 Å². The van der Waals surface area contributed by atoms with E-state index in [1.807, 2.05) is 6.92 Å². The molecule has 0 atom stereocenters. The van der Waals surface area contributed by atoms with E-state index in [9.17, 15) is 4.39 Å². The molecule has 15 heavy (non-hydrogen) atoms. The number of halogens is 1. The summed E-state index contributed by atoms with van der Waals surface area (Å²) in [5.41, 5.74) is 8.47. The maximum Gasteiger partial charge on any atom is 0.131 e. The largest absolute Gasteiger partial charge is 0.399 e. The third kappa shape index (κ3) is 1.81. The minimum atomic E-state index is -0.265. The summed E-state index contributed by atoms with van der Waals surface area (Å²) in [7, 11) is 0. The summed E-state index contributed by atoms with van der Waals surface area (Å²) < 4.78 is 13.6. The second-order valence-electron chi connectivity index (χ2n) is 3.43. The number of nitrogen functional groups attached to an aromatic ring is 1. The Morgan fingerprint density at radius 3 is 2.73 bits per heavy atom. The number of aryl methyl sites for hydroxylation is 1. The van der Waals surface area contributed by atoms with Gasteiger partial charge in [0.1, 0.15) is 5.82 Å². The van der Waals surface area contributed by atoms with Crippen LogP contribution in [0.5, 0.6) is 0 Å². The fourth-order valence-corrected chi connectivity index (χ4v) is 1.52. The number of benzene rings is 1. The normalized spacial score (nSPS) is 10.3. The zero-order chi connectivity index (χ0) is 10.8. The van der Waals surface area contributed by atoms with E-state index in [4.69, 9.17) is 5.73 Å². The first-order valence-electron chi connectivity index (χ1n) is 4.64. The Labute approximate surface area is 87.6 Å². The number of hydrogen-bond acceptors (Lipinski definition) is 2. The van der Waals surface area contributed by atoms with E-state index in [2.05, 4.69) is 4.98 Å². The average Bonchev–Trinajstić information content (AvgIpc) is 2.23. The Bertz CT molecular complexity index is 495. The van der Waals surface area contributed by atoms with Gasteiger partial charge in [-0.25, -0.2) is 4.39 Å². The minimum absolute atomic E-state index is 0.265. The molecule has 3 heteroatoms. The Morgan fingerprint density at radius 2 is 2.00 bits per heavy atom. The fraction of sp³-hybridized carbons (Fsp3) is 0.0833. The number of pyridine rings is 1. The maximum atomic E-state index is 13.6. The van der Waals surface area contributed by atoms with Gasteiger partial charge < -0.3 is 5.73 Å². The van der Waals surface area contributed by atoms with Crippen LogP contribution < -0.4 is 5.73 Å². The zero-order valence-electron chi connectivity index (χ0n) is 8.37. The van der Waals surface area contributed by atoms with Crippen LogP contribution in [0.25, 0.3) is 11.1 Å². The van der Waals surface area contributed by atoms with Crippen LogP contribution in [0.4, 0.5) is 10.1 Å². The van der Waals surface area contributed by atoms with E-state index in [0.717, 1.165) is 11.1 Å². The second-order valence-corrected chi connectivity index (χ2v) is 3.43. The SMILES string of the molecule is Cc1cnccc1-c1cc(N)ccc1F. The van der Waals surface area contributed by atoms with Crippen molar-refractivity contribution in [3.63, 3.8) is 0 Å². The van der Waals surface area contributed by atoms with E-state index in [1.165, 1.54) is 6.07 Å². The molecular weight excluding hydrogens is 191 g/mol. The molecule has 0 fully saturated rings. The highest BCUT2D eigenvalue weighted by atomic mass is 19.1. The molecule has 0 aliphatic heterocycles. The number of aromatic nitrogens is 1. The Kier molecular flexibility index (Phi) is 2.37. The lowest BCUT2D eigenvalue weighted by molar-refractivity contribution is 0.631. The molecule has 1 aromatic heterocycles. The highest BCUT2D eigenvalue weighted by molar-refractivity contribution is 5.70. The summed E-state index contributed by atoms with van der Waals surface area (Å²) in [5.74, 6) is -0.265. The minimum Gasteiger partial charge on any atom is -0.399 e. The van der Waals surface area contributed by atoms with Gasteiger partial charge in [0, 0.05) is 23.6 Å². The Morgan fingerprint density at radius 1 is 1.20 bits per heavy atom. The van der Waals surface area contributed by atoms with Gasteiger partial charge in [-0.15, -0.1) is 0 Å². The molecule has 0 radical (unpaired) electrons.